The summed E-state index contributed by atoms with van der Waals surface area (Å²) in [6.45, 7) is 5.66. The number of likely N-dealkylation sites (tertiary alicyclic amines) is 1. The summed E-state index contributed by atoms with van der Waals surface area (Å²) in [5, 5.41) is 5.64. The standard InChI is InChI=1S/C12H20N4OS.2ClH/c1-2-16-5-3-4-9(7-16)14-12(17)10-8-18-11(6-13)15-10;;/h8-9H,2-7,13H2,1H3,(H,14,17);2*1H. The summed E-state index contributed by atoms with van der Waals surface area (Å²) >= 11 is 1.44. The fourth-order valence-electron chi connectivity index (χ4n) is 2.23. The highest BCUT2D eigenvalue weighted by atomic mass is 35.5. The maximum atomic E-state index is 12.0. The number of nitrogens with one attached hydrogen (secondary N) is 1. The van der Waals surface area contributed by atoms with Crippen LogP contribution in [0.2, 0.25) is 0 Å². The van der Waals surface area contributed by atoms with Gasteiger partial charge in [-0.15, -0.1) is 36.2 Å². The van der Waals surface area contributed by atoms with E-state index in [4.69, 9.17) is 5.73 Å². The molecule has 20 heavy (non-hydrogen) atoms. The van der Waals surface area contributed by atoms with Gasteiger partial charge in [0, 0.05) is 24.5 Å². The molecule has 2 rings (SSSR count). The SMILES string of the molecule is CCN1CCCC(NC(=O)c2csc(CN)n2)C1.Cl.Cl. The zero-order valence-corrected chi connectivity index (χ0v) is 14.0. The minimum absolute atomic E-state index is 0. The topological polar surface area (TPSA) is 71.2 Å². The van der Waals surface area contributed by atoms with Crippen LogP contribution < -0.4 is 11.1 Å². The van der Waals surface area contributed by atoms with E-state index in [9.17, 15) is 4.79 Å². The maximum absolute atomic E-state index is 12.0. The van der Waals surface area contributed by atoms with Gasteiger partial charge in [-0.05, 0) is 25.9 Å². The van der Waals surface area contributed by atoms with Crippen molar-refractivity contribution >= 4 is 42.1 Å². The molecule has 1 aromatic rings. The van der Waals surface area contributed by atoms with Gasteiger partial charge in [0.1, 0.15) is 10.7 Å². The molecule has 1 aliphatic heterocycles. The summed E-state index contributed by atoms with van der Waals surface area (Å²) in [4.78, 5) is 18.6. The van der Waals surface area contributed by atoms with Gasteiger partial charge in [0.05, 0.1) is 0 Å². The molecule has 0 aliphatic carbocycles. The predicted molar refractivity (Wildman–Crippen MR) is 87.1 cm³/mol. The summed E-state index contributed by atoms with van der Waals surface area (Å²) in [6, 6.07) is 0.245. The summed E-state index contributed by atoms with van der Waals surface area (Å²) in [5.74, 6) is -0.0751. The van der Waals surface area contributed by atoms with Gasteiger partial charge in [-0.2, -0.15) is 0 Å². The second-order valence-electron chi connectivity index (χ2n) is 4.54. The average molecular weight is 341 g/mol. The van der Waals surface area contributed by atoms with Gasteiger partial charge in [0.25, 0.3) is 5.91 Å². The first-order valence-electron chi connectivity index (χ1n) is 6.40. The number of nitrogens with zero attached hydrogens (tertiary/aromatic N) is 2. The van der Waals surface area contributed by atoms with Crippen molar-refractivity contribution in [3.05, 3.63) is 16.1 Å². The Kier molecular flexibility index (Phi) is 9.33. The van der Waals surface area contributed by atoms with Crippen LogP contribution in [0.4, 0.5) is 0 Å². The van der Waals surface area contributed by atoms with Crippen LogP contribution in [0.1, 0.15) is 35.3 Å². The number of amides is 1. The maximum Gasteiger partial charge on any atom is 0.271 e. The zero-order chi connectivity index (χ0) is 13.0. The highest BCUT2D eigenvalue weighted by molar-refractivity contribution is 7.09. The Morgan fingerprint density at radius 3 is 2.95 bits per heavy atom. The Labute approximate surface area is 136 Å². The van der Waals surface area contributed by atoms with Gasteiger partial charge in [-0.3, -0.25) is 4.79 Å². The Bertz CT molecular complexity index is 416. The highest BCUT2D eigenvalue weighted by Gasteiger charge is 2.21. The molecule has 1 aromatic heterocycles. The van der Waals surface area contributed by atoms with Crippen LogP contribution >= 0.6 is 36.2 Å². The first-order valence-corrected chi connectivity index (χ1v) is 7.28. The largest absolute Gasteiger partial charge is 0.347 e. The van der Waals surface area contributed by atoms with Crippen LogP contribution in [0.15, 0.2) is 5.38 Å². The second kappa shape index (κ2) is 9.52. The Morgan fingerprint density at radius 2 is 2.35 bits per heavy atom. The summed E-state index contributed by atoms with van der Waals surface area (Å²) < 4.78 is 0. The summed E-state index contributed by atoms with van der Waals surface area (Å²) in [6.07, 6.45) is 2.19. The average Bonchev–Trinajstić information content (AvgIpc) is 2.88. The first-order chi connectivity index (χ1) is 8.72. The molecule has 8 heteroatoms. The Hall–Kier alpha value is -0.400. The molecule has 0 aromatic carbocycles. The van der Waals surface area contributed by atoms with E-state index in [1.807, 2.05) is 0 Å². The molecule has 1 fully saturated rings. The number of hydrogen-bond acceptors (Lipinski definition) is 5. The molecule has 1 aliphatic rings. The molecular formula is C12H22Cl2N4OS. The number of carbonyl (C=O) groups is 1. The van der Waals surface area contributed by atoms with E-state index in [2.05, 4.69) is 22.1 Å². The molecule has 2 heterocycles. The number of hydrogen-bond donors (Lipinski definition) is 2. The van der Waals surface area contributed by atoms with Crippen molar-refractivity contribution in [1.29, 1.82) is 0 Å². The predicted octanol–water partition coefficient (Wildman–Crippen LogP) is 1.66. The quantitative estimate of drug-likeness (QED) is 0.874. The number of thiazole rings is 1. The van der Waals surface area contributed by atoms with Crippen LogP contribution in [0.3, 0.4) is 0 Å². The number of halogens is 2. The first kappa shape index (κ1) is 19.6. The monoisotopic (exact) mass is 340 g/mol. The van der Waals surface area contributed by atoms with E-state index < -0.39 is 0 Å². The van der Waals surface area contributed by atoms with Gasteiger partial charge in [-0.25, -0.2) is 4.98 Å². The third-order valence-electron chi connectivity index (χ3n) is 3.25. The smallest absolute Gasteiger partial charge is 0.271 e. The lowest BCUT2D eigenvalue weighted by molar-refractivity contribution is 0.0901. The minimum Gasteiger partial charge on any atom is -0.347 e. The minimum atomic E-state index is -0.0751. The molecule has 1 saturated heterocycles. The lowest BCUT2D eigenvalue weighted by Crippen LogP contribution is -2.47. The molecule has 3 N–H and O–H groups in total. The molecule has 1 amide bonds. The zero-order valence-electron chi connectivity index (χ0n) is 11.5. The van der Waals surface area contributed by atoms with Gasteiger partial charge < -0.3 is 16.0 Å². The van der Waals surface area contributed by atoms with Crippen LogP contribution in [-0.2, 0) is 6.54 Å². The van der Waals surface area contributed by atoms with Gasteiger partial charge in [0.15, 0.2) is 0 Å². The molecule has 1 atom stereocenters. The van der Waals surface area contributed by atoms with Gasteiger partial charge >= 0.3 is 0 Å². The number of piperidine rings is 1. The summed E-state index contributed by atoms with van der Waals surface area (Å²) in [7, 11) is 0. The molecule has 0 radical (unpaired) electrons. The van der Waals surface area contributed by atoms with Crippen molar-refractivity contribution in [1.82, 2.24) is 15.2 Å². The van der Waals surface area contributed by atoms with Crippen molar-refractivity contribution in [3.63, 3.8) is 0 Å². The van der Waals surface area contributed by atoms with E-state index in [1.54, 1.807) is 5.38 Å². The van der Waals surface area contributed by atoms with E-state index >= 15 is 0 Å². The van der Waals surface area contributed by atoms with Crippen molar-refractivity contribution in [2.45, 2.75) is 32.4 Å². The van der Waals surface area contributed by atoms with E-state index in [1.165, 1.54) is 11.3 Å². The van der Waals surface area contributed by atoms with Crippen LogP contribution in [0.25, 0.3) is 0 Å². The van der Waals surface area contributed by atoms with Crippen LogP contribution in [0.5, 0.6) is 0 Å². The molecule has 0 spiro atoms. The molecule has 116 valence electrons. The molecule has 0 saturated carbocycles. The lowest BCUT2D eigenvalue weighted by atomic mass is 10.1. The van der Waals surface area contributed by atoms with Crippen molar-refractivity contribution in [3.8, 4) is 0 Å². The number of likely N-dealkylation sites (N-methyl/N-ethyl adjacent to an activating group) is 1. The van der Waals surface area contributed by atoms with E-state index in [-0.39, 0.29) is 36.8 Å². The Morgan fingerprint density at radius 1 is 1.60 bits per heavy atom. The highest BCUT2D eigenvalue weighted by Crippen LogP contribution is 2.12. The fraction of sp³-hybridized carbons (Fsp3) is 0.667. The number of carbonyl (C=O) groups excluding carboxylic acids is 1. The number of rotatable bonds is 4. The second-order valence-corrected chi connectivity index (χ2v) is 5.48. The van der Waals surface area contributed by atoms with Crippen molar-refractivity contribution in [2.75, 3.05) is 19.6 Å². The van der Waals surface area contributed by atoms with Crippen molar-refractivity contribution < 1.29 is 4.79 Å². The van der Waals surface area contributed by atoms with Gasteiger partial charge in [0.2, 0.25) is 0 Å². The number of aromatic nitrogens is 1. The van der Waals surface area contributed by atoms with Crippen molar-refractivity contribution in [2.24, 2.45) is 5.73 Å². The van der Waals surface area contributed by atoms with Crippen LogP contribution in [-0.4, -0.2) is 41.5 Å². The molecule has 5 nitrogen and oxygen atoms in total. The van der Waals surface area contributed by atoms with Crippen LogP contribution in [0, 0.1) is 0 Å². The fourth-order valence-corrected chi connectivity index (χ4v) is 2.88. The van der Waals surface area contributed by atoms with E-state index in [0.29, 0.717) is 12.2 Å². The third-order valence-corrected chi connectivity index (χ3v) is 4.12. The van der Waals surface area contributed by atoms with Gasteiger partial charge in [-0.1, -0.05) is 6.92 Å². The Balaban J connectivity index is 0.00000180. The number of nitrogens with two attached hydrogens (primary N) is 1. The van der Waals surface area contributed by atoms with E-state index in [0.717, 1.165) is 37.5 Å². The molecular weight excluding hydrogens is 319 g/mol. The molecule has 1 unspecified atom stereocenters. The summed E-state index contributed by atoms with van der Waals surface area (Å²) in [5.41, 5.74) is 5.99. The molecule has 0 bridgehead atoms. The third kappa shape index (κ3) is 5.18. The lowest BCUT2D eigenvalue weighted by Gasteiger charge is -2.32. The normalized spacial score (nSPS) is 18.8.